The van der Waals surface area contributed by atoms with Crippen molar-refractivity contribution in [1.29, 1.82) is 0 Å². The van der Waals surface area contributed by atoms with E-state index in [4.69, 9.17) is 0 Å². The molecule has 0 unspecified atom stereocenters. The van der Waals surface area contributed by atoms with Gasteiger partial charge in [-0.05, 0) is 48.9 Å². The van der Waals surface area contributed by atoms with Crippen LogP contribution in [0.15, 0.2) is 48.8 Å². The van der Waals surface area contributed by atoms with Gasteiger partial charge in [0, 0.05) is 30.9 Å². The molecule has 24 heavy (non-hydrogen) atoms. The number of carbonyl (C=O) groups excluding carboxylic acids is 1. The van der Waals surface area contributed by atoms with E-state index in [1.54, 1.807) is 12.3 Å². The maximum atomic E-state index is 12.3. The first-order valence-corrected chi connectivity index (χ1v) is 8.42. The van der Waals surface area contributed by atoms with Gasteiger partial charge in [0.25, 0.3) is 5.91 Å². The Morgan fingerprint density at radius 2 is 1.96 bits per heavy atom. The van der Waals surface area contributed by atoms with Gasteiger partial charge in [0.2, 0.25) is 0 Å². The first-order chi connectivity index (χ1) is 11.8. The third-order valence-corrected chi connectivity index (χ3v) is 4.88. The SMILES string of the molecule is O=C(c1ccn[nH]1)N1CCC(Cc2ccnc3ccccc23)CC1. The fourth-order valence-electron chi connectivity index (χ4n) is 3.53. The fraction of sp³-hybridized carbons (Fsp3) is 0.316. The van der Waals surface area contributed by atoms with Crippen molar-refractivity contribution in [3.63, 3.8) is 0 Å². The third-order valence-electron chi connectivity index (χ3n) is 4.88. The summed E-state index contributed by atoms with van der Waals surface area (Å²) in [7, 11) is 0. The normalized spacial score (nSPS) is 15.8. The smallest absolute Gasteiger partial charge is 0.271 e. The second-order valence-corrected chi connectivity index (χ2v) is 6.40. The lowest BCUT2D eigenvalue weighted by atomic mass is 9.89. The van der Waals surface area contributed by atoms with Gasteiger partial charge in [-0.3, -0.25) is 14.9 Å². The van der Waals surface area contributed by atoms with Crippen LogP contribution in [0.5, 0.6) is 0 Å². The molecule has 2 aromatic heterocycles. The summed E-state index contributed by atoms with van der Waals surface area (Å²) in [5.41, 5.74) is 2.99. The molecule has 0 spiro atoms. The van der Waals surface area contributed by atoms with E-state index in [2.05, 4.69) is 39.4 Å². The number of amides is 1. The van der Waals surface area contributed by atoms with Gasteiger partial charge in [-0.2, -0.15) is 5.10 Å². The summed E-state index contributed by atoms with van der Waals surface area (Å²) in [6.07, 6.45) is 6.64. The molecule has 0 atom stereocenters. The van der Waals surface area contributed by atoms with E-state index in [9.17, 15) is 4.79 Å². The molecule has 3 aromatic rings. The molecular weight excluding hydrogens is 300 g/mol. The Bertz CT molecular complexity index is 830. The molecule has 1 aromatic carbocycles. The van der Waals surface area contributed by atoms with Crippen LogP contribution in [0.25, 0.3) is 10.9 Å². The number of hydrogen-bond acceptors (Lipinski definition) is 3. The molecule has 5 nitrogen and oxygen atoms in total. The second kappa shape index (κ2) is 6.43. The highest BCUT2D eigenvalue weighted by atomic mass is 16.2. The molecule has 0 radical (unpaired) electrons. The van der Waals surface area contributed by atoms with Crippen LogP contribution in [0.4, 0.5) is 0 Å². The van der Waals surface area contributed by atoms with Crippen LogP contribution in [0, 0.1) is 5.92 Å². The second-order valence-electron chi connectivity index (χ2n) is 6.40. The van der Waals surface area contributed by atoms with Gasteiger partial charge in [0.1, 0.15) is 5.69 Å². The number of carbonyl (C=O) groups is 1. The van der Waals surface area contributed by atoms with Gasteiger partial charge >= 0.3 is 0 Å². The van der Waals surface area contributed by atoms with Crippen LogP contribution in [0.3, 0.4) is 0 Å². The molecule has 1 fully saturated rings. The molecule has 1 N–H and O–H groups in total. The highest BCUT2D eigenvalue weighted by Crippen LogP contribution is 2.26. The van der Waals surface area contributed by atoms with Crippen LogP contribution in [-0.2, 0) is 6.42 Å². The number of pyridine rings is 1. The van der Waals surface area contributed by atoms with E-state index in [0.717, 1.165) is 37.9 Å². The molecule has 1 aliphatic rings. The number of likely N-dealkylation sites (tertiary alicyclic amines) is 1. The van der Waals surface area contributed by atoms with Crippen molar-refractivity contribution in [2.24, 2.45) is 5.92 Å². The predicted octanol–water partition coefficient (Wildman–Crippen LogP) is 3.05. The molecule has 122 valence electrons. The monoisotopic (exact) mass is 320 g/mol. The molecule has 1 amide bonds. The van der Waals surface area contributed by atoms with Gasteiger partial charge in [0.15, 0.2) is 0 Å². The third kappa shape index (κ3) is 2.89. The zero-order chi connectivity index (χ0) is 16.4. The molecule has 1 saturated heterocycles. The fourth-order valence-corrected chi connectivity index (χ4v) is 3.53. The van der Waals surface area contributed by atoms with Crippen molar-refractivity contribution in [3.8, 4) is 0 Å². The minimum atomic E-state index is 0.0558. The summed E-state index contributed by atoms with van der Waals surface area (Å²) in [5.74, 6) is 0.668. The number of para-hydroxylation sites is 1. The molecule has 0 saturated carbocycles. The number of hydrogen-bond donors (Lipinski definition) is 1. The average molecular weight is 320 g/mol. The lowest BCUT2D eigenvalue weighted by Crippen LogP contribution is -2.39. The number of nitrogens with one attached hydrogen (secondary N) is 1. The van der Waals surface area contributed by atoms with Crippen molar-refractivity contribution < 1.29 is 4.79 Å². The Labute approximate surface area is 140 Å². The number of fused-ring (bicyclic) bond motifs is 1. The number of nitrogens with zero attached hydrogens (tertiary/aromatic N) is 3. The van der Waals surface area contributed by atoms with E-state index < -0.39 is 0 Å². The predicted molar refractivity (Wildman–Crippen MR) is 92.7 cm³/mol. The van der Waals surface area contributed by atoms with Gasteiger partial charge < -0.3 is 4.90 Å². The number of rotatable bonds is 3. The number of benzene rings is 1. The highest BCUT2D eigenvalue weighted by Gasteiger charge is 2.24. The summed E-state index contributed by atoms with van der Waals surface area (Å²) in [4.78, 5) is 18.7. The Morgan fingerprint density at radius 3 is 2.75 bits per heavy atom. The van der Waals surface area contributed by atoms with Crippen LogP contribution < -0.4 is 0 Å². The first kappa shape index (κ1) is 14.9. The van der Waals surface area contributed by atoms with Crippen molar-refractivity contribution in [1.82, 2.24) is 20.1 Å². The van der Waals surface area contributed by atoms with Gasteiger partial charge in [0.05, 0.1) is 5.52 Å². The standard InChI is InChI=1S/C19H20N4O/c24-19(18-6-10-21-22-18)23-11-7-14(8-12-23)13-15-5-9-20-17-4-2-1-3-16(15)17/h1-6,9-10,14H,7-8,11-13H2,(H,21,22). The molecule has 3 heterocycles. The largest absolute Gasteiger partial charge is 0.337 e. The Hall–Kier alpha value is -2.69. The zero-order valence-corrected chi connectivity index (χ0v) is 13.5. The lowest BCUT2D eigenvalue weighted by molar-refractivity contribution is 0.0684. The first-order valence-electron chi connectivity index (χ1n) is 8.42. The van der Waals surface area contributed by atoms with E-state index in [-0.39, 0.29) is 5.91 Å². The molecule has 0 aliphatic carbocycles. The number of piperidine rings is 1. The summed E-state index contributed by atoms with van der Waals surface area (Å²) in [6, 6.07) is 12.2. The van der Waals surface area contributed by atoms with E-state index in [1.807, 2.05) is 17.2 Å². The number of H-pyrrole nitrogens is 1. The zero-order valence-electron chi connectivity index (χ0n) is 13.5. The Kier molecular flexibility index (Phi) is 3.99. The minimum Gasteiger partial charge on any atom is -0.337 e. The summed E-state index contributed by atoms with van der Waals surface area (Å²) in [6.45, 7) is 1.62. The average Bonchev–Trinajstić information content (AvgIpc) is 3.17. The summed E-state index contributed by atoms with van der Waals surface area (Å²) in [5, 5.41) is 7.86. The molecule has 5 heteroatoms. The van der Waals surface area contributed by atoms with Crippen LogP contribution >= 0.6 is 0 Å². The maximum Gasteiger partial charge on any atom is 0.271 e. The van der Waals surface area contributed by atoms with Crippen LogP contribution in [0.1, 0.15) is 28.9 Å². The lowest BCUT2D eigenvalue weighted by Gasteiger charge is -2.32. The van der Waals surface area contributed by atoms with Crippen molar-refractivity contribution >= 4 is 16.8 Å². The number of aromatic nitrogens is 3. The summed E-state index contributed by atoms with van der Waals surface area (Å²) < 4.78 is 0. The quantitative estimate of drug-likeness (QED) is 0.807. The molecular formula is C19H20N4O. The van der Waals surface area contributed by atoms with Crippen molar-refractivity contribution in [3.05, 3.63) is 60.0 Å². The van der Waals surface area contributed by atoms with E-state index in [0.29, 0.717) is 11.6 Å². The summed E-state index contributed by atoms with van der Waals surface area (Å²) >= 11 is 0. The molecule has 1 aliphatic heterocycles. The van der Waals surface area contributed by atoms with E-state index in [1.165, 1.54) is 10.9 Å². The van der Waals surface area contributed by atoms with Gasteiger partial charge in [-0.25, -0.2) is 0 Å². The molecule has 0 bridgehead atoms. The van der Waals surface area contributed by atoms with Crippen LogP contribution in [0.2, 0.25) is 0 Å². The van der Waals surface area contributed by atoms with Crippen molar-refractivity contribution in [2.45, 2.75) is 19.3 Å². The van der Waals surface area contributed by atoms with Crippen molar-refractivity contribution in [2.75, 3.05) is 13.1 Å². The van der Waals surface area contributed by atoms with Crippen LogP contribution in [-0.4, -0.2) is 39.1 Å². The molecule has 4 rings (SSSR count). The Balaban J connectivity index is 1.42. The van der Waals surface area contributed by atoms with Gasteiger partial charge in [-0.1, -0.05) is 18.2 Å². The van der Waals surface area contributed by atoms with E-state index >= 15 is 0 Å². The topological polar surface area (TPSA) is 61.9 Å². The minimum absolute atomic E-state index is 0.0558. The Morgan fingerprint density at radius 1 is 1.12 bits per heavy atom. The van der Waals surface area contributed by atoms with Gasteiger partial charge in [-0.15, -0.1) is 0 Å². The maximum absolute atomic E-state index is 12.3. The highest BCUT2D eigenvalue weighted by molar-refractivity contribution is 5.92. The number of aromatic amines is 1.